The Kier molecular flexibility index (Phi) is 2.80. The lowest BCUT2D eigenvalue weighted by atomic mass is 10.1. The van der Waals surface area contributed by atoms with E-state index in [2.05, 4.69) is 10.7 Å². The van der Waals surface area contributed by atoms with Crippen LogP contribution >= 0.6 is 0 Å². The highest BCUT2D eigenvalue weighted by Crippen LogP contribution is 2.13. The minimum atomic E-state index is 0.276. The Bertz CT molecular complexity index is 189. The Morgan fingerprint density at radius 2 is 2.00 bits per heavy atom. The maximum absolute atomic E-state index is 11.5. The molecule has 4 heteroatoms. The van der Waals surface area contributed by atoms with E-state index >= 15 is 0 Å². The van der Waals surface area contributed by atoms with Gasteiger partial charge in [-0.15, -0.1) is 0 Å². The smallest absolute Gasteiger partial charge is 0.236 e. The van der Waals surface area contributed by atoms with E-state index in [4.69, 9.17) is 0 Å². The van der Waals surface area contributed by atoms with Crippen LogP contribution < -0.4 is 10.7 Å². The van der Waals surface area contributed by atoms with Crippen LogP contribution in [0.3, 0.4) is 0 Å². The molecular weight excluding hydrogens is 166 g/mol. The molecule has 0 unspecified atom stereocenters. The summed E-state index contributed by atoms with van der Waals surface area (Å²) in [5, 5.41) is 5.17. The first kappa shape index (κ1) is 8.97. The number of hydrogen-bond acceptors (Lipinski definition) is 3. The van der Waals surface area contributed by atoms with E-state index in [1.807, 2.05) is 5.01 Å². The van der Waals surface area contributed by atoms with Gasteiger partial charge < -0.3 is 5.32 Å². The molecule has 74 valence electrons. The number of rotatable bonds is 1. The van der Waals surface area contributed by atoms with Crippen LogP contribution in [0.2, 0.25) is 0 Å². The molecule has 2 fully saturated rings. The van der Waals surface area contributed by atoms with Gasteiger partial charge in [-0.2, -0.15) is 0 Å². The third-order valence-corrected chi connectivity index (χ3v) is 2.79. The summed E-state index contributed by atoms with van der Waals surface area (Å²) < 4.78 is 0. The van der Waals surface area contributed by atoms with Crippen LogP contribution in [0.5, 0.6) is 0 Å². The molecule has 2 aliphatic heterocycles. The molecule has 0 aliphatic carbocycles. The summed E-state index contributed by atoms with van der Waals surface area (Å²) in [7, 11) is 0. The van der Waals surface area contributed by atoms with E-state index < -0.39 is 0 Å². The molecule has 0 aromatic rings. The normalized spacial score (nSPS) is 26.5. The van der Waals surface area contributed by atoms with Gasteiger partial charge in [0.25, 0.3) is 0 Å². The first-order chi connectivity index (χ1) is 6.38. The molecular formula is C9H17N3O. The van der Waals surface area contributed by atoms with Crippen molar-refractivity contribution in [1.82, 2.24) is 15.8 Å². The number of amides is 1. The van der Waals surface area contributed by atoms with E-state index in [1.54, 1.807) is 0 Å². The van der Waals surface area contributed by atoms with Crippen molar-refractivity contribution in [1.29, 1.82) is 0 Å². The lowest BCUT2D eigenvalue weighted by Gasteiger charge is -2.37. The highest BCUT2D eigenvalue weighted by Gasteiger charge is 2.26. The van der Waals surface area contributed by atoms with E-state index in [-0.39, 0.29) is 5.91 Å². The number of carbonyl (C=O) groups is 1. The van der Waals surface area contributed by atoms with Crippen molar-refractivity contribution in [3.63, 3.8) is 0 Å². The van der Waals surface area contributed by atoms with Gasteiger partial charge in [-0.1, -0.05) is 0 Å². The topological polar surface area (TPSA) is 44.4 Å². The fourth-order valence-electron chi connectivity index (χ4n) is 2.05. The largest absolute Gasteiger partial charge is 0.317 e. The van der Waals surface area contributed by atoms with Crippen LogP contribution in [0.1, 0.15) is 25.7 Å². The molecule has 0 bridgehead atoms. The summed E-state index contributed by atoms with van der Waals surface area (Å²) in [4.78, 5) is 11.5. The first-order valence-electron chi connectivity index (χ1n) is 5.14. The number of nitrogens with zero attached hydrogens (tertiary/aromatic N) is 1. The number of hydrogen-bond donors (Lipinski definition) is 2. The molecule has 0 aromatic heterocycles. The summed E-state index contributed by atoms with van der Waals surface area (Å²) in [5.74, 6) is 0.276. The van der Waals surface area contributed by atoms with Gasteiger partial charge in [-0.3, -0.25) is 9.80 Å². The molecule has 0 atom stereocenters. The van der Waals surface area contributed by atoms with Crippen molar-refractivity contribution >= 4 is 5.91 Å². The molecule has 1 amide bonds. The van der Waals surface area contributed by atoms with Crippen LogP contribution in [0.4, 0.5) is 0 Å². The van der Waals surface area contributed by atoms with E-state index in [1.165, 1.54) is 0 Å². The Hall–Kier alpha value is -0.610. The standard InChI is InChI=1S/C9H17N3O/c13-9-2-1-5-11-12(9)8-3-6-10-7-4-8/h8,10-11H,1-7H2. The minimum absolute atomic E-state index is 0.276. The van der Waals surface area contributed by atoms with E-state index in [0.717, 1.165) is 45.3 Å². The fraction of sp³-hybridized carbons (Fsp3) is 0.889. The predicted octanol–water partition coefficient (Wildman–Crippen LogP) is -0.135. The Morgan fingerprint density at radius 3 is 2.69 bits per heavy atom. The molecule has 13 heavy (non-hydrogen) atoms. The van der Waals surface area contributed by atoms with Crippen molar-refractivity contribution in [2.45, 2.75) is 31.7 Å². The van der Waals surface area contributed by atoms with Crippen molar-refractivity contribution in [2.24, 2.45) is 0 Å². The zero-order chi connectivity index (χ0) is 9.10. The maximum Gasteiger partial charge on any atom is 0.236 e. The number of carbonyl (C=O) groups excluding carboxylic acids is 1. The molecule has 2 N–H and O–H groups in total. The second-order valence-electron chi connectivity index (χ2n) is 3.76. The molecule has 0 saturated carbocycles. The van der Waals surface area contributed by atoms with Crippen molar-refractivity contribution in [3.8, 4) is 0 Å². The molecule has 2 saturated heterocycles. The Morgan fingerprint density at radius 1 is 1.23 bits per heavy atom. The highest BCUT2D eigenvalue weighted by molar-refractivity contribution is 5.76. The Labute approximate surface area is 78.6 Å². The predicted molar refractivity (Wildman–Crippen MR) is 50.0 cm³/mol. The average Bonchev–Trinajstić information content (AvgIpc) is 2.20. The van der Waals surface area contributed by atoms with Gasteiger partial charge in [0, 0.05) is 13.0 Å². The summed E-state index contributed by atoms with van der Waals surface area (Å²) in [5.41, 5.74) is 3.19. The van der Waals surface area contributed by atoms with Gasteiger partial charge in [-0.05, 0) is 32.4 Å². The van der Waals surface area contributed by atoms with Gasteiger partial charge in [0.1, 0.15) is 0 Å². The molecule has 0 radical (unpaired) electrons. The van der Waals surface area contributed by atoms with Crippen LogP contribution in [0.25, 0.3) is 0 Å². The second kappa shape index (κ2) is 4.07. The summed E-state index contributed by atoms with van der Waals surface area (Å²) in [6.07, 6.45) is 3.87. The van der Waals surface area contributed by atoms with Crippen LogP contribution in [0.15, 0.2) is 0 Å². The molecule has 2 rings (SSSR count). The maximum atomic E-state index is 11.5. The molecule has 2 aliphatic rings. The minimum Gasteiger partial charge on any atom is -0.317 e. The highest BCUT2D eigenvalue weighted by atomic mass is 16.2. The monoisotopic (exact) mass is 183 g/mol. The zero-order valence-corrected chi connectivity index (χ0v) is 7.88. The lowest BCUT2D eigenvalue weighted by molar-refractivity contribution is -0.140. The lowest BCUT2D eigenvalue weighted by Crippen LogP contribution is -2.55. The summed E-state index contributed by atoms with van der Waals surface area (Å²) in [6.45, 7) is 3.03. The van der Waals surface area contributed by atoms with Crippen molar-refractivity contribution in [3.05, 3.63) is 0 Å². The number of piperidine rings is 1. The van der Waals surface area contributed by atoms with Crippen LogP contribution in [-0.4, -0.2) is 36.6 Å². The Balaban J connectivity index is 1.92. The quantitative estimate of drug-likeness (QED) is 0.595. The molecule has 2 heterocycles. The summed E-state index contributed by atoms with van der Waals surface area (Å²) in [6, 6.07) is 0.425. The average molecular weight is 183 g/mol. The van der Waals surface area contributed by atoms with Crippen molar-refractivity contribution in [2.75, 3.05) is 19.6 Å². The van der Waals surface area contributed by atoms with Gasteiger partial charge in [0.15, 0.2) is 0 Å². The molecule has 0 spiro atoms. The number of hydrazine groups is 1. The third kappa shape index (κ3) is 2.00. The first-order valence-corrected chi connectivity index (χ1v) is 5.14. The zero-order valence-electron chi connectivity index (χ0n) is 7.88. The van der Waals surface area contributed by atoms with E-state index in [0.29, 0.717) is 6.04 Å². The third-order valence-electron chi connectivity index (χ3n) is 2.79. The van der Waals surface area contributed by atoms with Gasteiger partial charge in [-0.25, -0.2) is 5.43 Å². The van der Waals surface area contributed by atoms with Crippen LogP contribution in [-0.2, 0) is 4.79 Å². The number of nitrogens with one attached hydrogen (secondary N) is 2. The van der Waals surface area contributed by atoms with E-state index in [9.17, 15) is 4.79 Å². The SMILES string of the molecule is O=C1CCCNN1C1CCNCC1. The fourth-order valence-corrected chi connectivity index (χ4v) is 2.05. The van der Waals surface area contributed by atoms with Crippen molar-refractivity contribution < 1.29 is 4.79 Å². The molecule has 0 aromatic carbocycles. The summed E-state index contributed by atoms with van der Waals surface area (Å²) >= 11 is 0. The van der Waals surface area contributed by atoms with Gasteiger partial charge >= 0.3 is 0 Å². The van der Waals surface area contributed by atoms with Gasteiger partial charge in [0.05, 0.1) is 6.04 Å². The van der Waals surface area contributed by atoms with Crippen LogP contribution in [0, 0.1) is 0 Å². The molecule has 4 nitrogen and oxygen atoms in total. The second-order valence-corrected chi connectivity index (χ2v) is 3.76. The van der Waals surface area contributed by atoms with Gasteiger partial charge in [0.2, 0.25) is 5.91 Å².